The topological polar surface area (TPSA) is 98.5 Å². The number of nitrogens with zero attached hydrogens (tertiary/aromatic N) is 6. The quantitative estimate of drug-likeness (QED) is 0.609. The van der Waals surface area contributed by atoms with Crippen molar-refractivity contribution in [3.8, 4) is 5.95 Å². The molecular weight excluding hydrogens is 338 g/mol. The highest BCUT2D eigenvalue weighted by Gasteiger charge is 2.10. The SMILES string of the molecule is Cc1cc(C)n(-c2ncc(NC(=O)c3ccc4nsnc4c3)cn2)n1. The molecule has 0 aliphatic heterocycles. The van der Waals surface area contributed by atoms with Gasteiger partial charge in [0.15, 0.2) is 0 Å². The van der Waals surface area contributed by atoms with E-state index in [1.165, 1.54) is 0 Å². The molecule has 0 saturated heterocycles. The Bertz CT molecular complexity index is 1070. The molecule has 0 spiro atoms. The van der Waals surface area contributed by atoms with E-state index in [1.54, 1.807) is 35.3 Å². The van der Waals surface area contributed by atoms with Gasteiger partial charge >= 0.3 is 0 Å². The monoisotopic (exact) mass is 351 g/mol. The highest BCUT2D eigenvalue weighted by Crippen LogP contribution is 2.15. The van der Waals surface area contributed by atoms with E-state index in [2.05, 4.69) is 29.1 Å². The van der Waals surface area contributed by atoms with Crippen molar-refractivity contribution in [1.82, 2.24) is 28.5 Å². The van der Waals surface area contributed by atoms with Gasteiger partial charge in [-0.2, -0.15) is 13.8 Å². The van der Waals surface area contributed by atoms with Gasteiger partial charge in [0, 0.05) is 11.3 Å². The van der Waals surface area contributed by atoms with Gasteiger partial charge in [-0.05, 0) is 38.1 Å². The first-order chi connectivity index (χ1) is 12.1. The molecule has 1 aromatic carbocycles. The summed E-state index contributed by atoms with van der Waals surface area (Å²) in [5.41, 5.74) is 4.33. The van der Waals surface area contributed by atoms with Gasteiger partial charge in [-0.25, -0.2) is 14.6 Å². The number of amides is 1. The van der Waals surface area contributed by atoms with Gasteiger partial charge in [-0.3, -0.25) is 4.79 Å². The van der Waals surface area contributed by atoms with Gasteiger partial charge in [0.05, 0.1) is 35.5 Å². The highest BCUT2D eigenvalue weighted by molar-refractivity contribution is 7.00. The molecule has 1 N–H and O–H groups in total. The predicted molar refractivity (Wildman–Crippen MR) is 94.0 cm³/mol. The van der Waals surface area contributed by atoms with Crippen LogP contribution < -0.4 is 5.32 Å². The average Bonchev–Trinajstić information content (AvgIpc) is 3.20. The van der Waals surface area contributed by atoms with E-state index in [1.807, 2.05) is 19.9 Å². The molecule has 0 aliphatic carbocycles. The molecular formula is C16H13N7OS. The van der Waals surface area contributed by atoms with E-state index in [9.17, 15) is 4.79 Å². The molecule has 0 bridgehead atoms. The third kappa shape index (κ3) is 2.96. The van der Waals surface area contributed by atoms with Crippen LogP contribution in [-0.4, -0.2) is 34.4 Å². The number of benzene rings is 1. The number of carbonyl (C=O) groups excluding carboxylic acids is 1. The van der Waals surface area contributed by atoms with Crippen LogP contribution in [0.1, 0.15) is 21.7 Å². The van der Waals surface area contributed by atoms with E-state index in [-0.39, 0.29) is 5.91 Å². The van der Waals surface area contributed by atoms with Crippen molar-refractivity contribution in [2.75, 3.05) is 5.32 Å². The Morgan fingerprint density at radius 2 is 1.84 bits per heavy atom. The Hall–Kier alpha value is -3.20. The summed E-state index contributed by atoms with van der Waals surface area (Å²) in [5, 5.41) is 7.11. The fourth-order valence-electron chi connectivity index (χ4n) is 2.45. The normalized spacial score (nSPS) is 11.0. The number of carbonyl (C=O) groups is 1. The van der Waals surface area contributed by atoms with Crippen molar-refractivity contribution in [2.24, 2.45) is 0 Å². The van der Waals surface area contributed by atoms with Gasteiger partial charge in [-0.1, -0.05) is 0 Å². The Labute approximate surface area is 146 Å². The molecule has 25 heavy (non-hydrogen) atoms. The molecule has 0 aliphatic rings. The molecule has 3 aromatic heterocycles. The van der Waals surface area contributed by atoms with Gasteiger partial charge in [0.2, 0.25) is 0 Å². The van der Waals surface area contributed by atoms with Crippen LogP contribution in [0.15, 0.2) is 36.7 Å². The zero-order chi connectivity index (χ0) is 17.4. The smallest absolute Gasteiger partial charge is 0.255 e. The zero-order valence-corrected chi connectivity index (χ0v) is 14.3. The molecule has 4 rings (SSSR count). The summed E-state index contributed by atoms with van der Waals surface area (Å²) in [6.07, 6.45) is 3.11. The number of rotatable bonds is 3. The van der Waals surface area contributed by atoms with Crippen LogP contribution in [0.2, 0.25) is 0 Å². The van der Waals surface area contributed by atoms with Crippen molar-refractivity contribution >= 4 is 34.4 Å². The molecule has 0 atom stereocenters. The Morgan fingerprint density at radius 3 is 2.56 bits per heavy atom. The van der Waals surface area contributed by atoms with Crippen molar-refractivity contribution in [1.29, 1.82) is 0 Å². The summed E-state index contributed by atoms with van der Waals surface area (Å²) in [4.78, 5) is 20.9. The van der Waals surface area contributed by atoms with E-state index < -0.39 is 0 Å². The number of anilines is 1. The molecule has 9 heteroatoms. The number of aromatic nitrogens is 6. The molecule has 124 valence electrons. The minimum absolute atomic E-state index is 0.252. The van der Waals surface area contributed by atoms with Crippen LogP contribution in [0.25, 0.3) is 17.0 Å². The molecule has 0 unspecified atom stereocenters. The maximum absolute atomic E-state index is 12.4. The number of fused-ring (bicyclic) bond motifs is 1. The fourth-order valence-corrected chi connectivity index (χ4v) is 2.97. The standard InChI is InChI=1S/C16H13N7OS/c1-9-5-10(2)23(20-9)16-17-7-12(8-18-16)19-15(24)11-3-4-13-14(6-11)22-25-21-13/h3-8H,1-2H3,(H,19,24). The summed E-state index contributed by atoms with van der Waals surface area (Å²) >= 11 is 1.12. The van der Waals surface area contributed by atoms with Crippen molar-refractivity contribution in [2.45, 2.75) is 13.8 Å². The minimum atomic E-state index is -0.252. The third-order valence-corrected chi connectivity index (χ3v) is 4.17. The summed E-state index contributed by atoms with van der Waals surface area (Å²) in [6, 6.07) is 7.14. The highest BCUT2D eigenvalue weighted by atomic mass is 32.1. The zero-order valence-electron chi connectivity index (χ0n) is 13.5. The van der Waals surface area contributed by atoms with E-state index in [0.717, 1.165) is 28.6 Å². The maximum Gasteiger partial charge on any atom is 0.255 e. The van der Waals surface area contributed by atoms with Crippen LogP contribution in [0.4, 0.5) is 5.69 Å². The molecule has 0 saturated carbocycles. The summed E-state index contributed by atoms with van der Waals surface area (Å²) in [6.45, 7) is 3.84. The first-order valence-corrected chi connectivity index (χ1v) is 8.22. The van der Waals surface area contributed by atoms with Gasteiger partial charge < -0.3 is 5.32 Å². The first-order valence-electron chi connectivity index (χ1n) is 7.49. The van der Waals surface area contributed by atoms with Crippen LogP contribution in [0, 0.1) is 13.8 Å². The molecule has 8 nitrogen and oxygen atoms in total. The second-order valence-electron chi connectivity index (χ2n) is 5.53. The summed E-state index contributed by atoms with van der Waals surface area (Å²) in [5.74, 6) is 0.205. The maximum atomic E-state index is 12.4. The van der Waals surface area contributed by atoms with E-state index >= 15 is 0 Å². The minimum Gasteiger partial charge on any atom is -0.319 e. The van der Waals surface area contributed by atoms with Crippen molar-refractivity contribution in [3.05, 3.63) is 53.6 Å². The molecule has 0 radical (unpaired) electrons. The first kappa shape index (κ1) is 15.3. The summed E-state index contributed by atoms with van der Waals surface area (Å²) < 4.78 is 9.92. The van der Waals surface area contributed by atoms with E-state index in [4.69, 9.17) is 0 Å². The Balaban J connectivity index is 1.54. The predicted octanol–water partition coefficient (Wildman–Crippen LogP) is 2.54. The fraction of sp³-hybridized carbons (Fsp3) is 0.125. The molecule has 0 fully saturated rings. The largest absolute Gasteiger partial charge is 0.319 e. The number of hydrogen-bond donors (Lipinski definition) is 1. The van der Waals surface area contributed by atoms with Gasteiger partial charge in [0.1, 0.15) is 11.0 Å². The van der Waals surface area contributed by atoms with Crippen LogP contribution in [0.3, 0.4) is 0 Å². The van der Waals surface area contributed by atoms with Crippen LogP contribution in [0.5, 0.6) is 0 Å². The lowest BCUT2D eigenvalue weighted by Crippen LogP contribution is -2.13. The Kier molecular flexibility index (Phi) is 3.69. The second-order valence-corrected chi connectivity index (χ2v) is 6.06. The molecule has 1 amide bonds. The van der Waals surface area contributed by atoms with Gasteiger partial charge in [0.25, 0.3) is 11.9 Å². The van der Waals surface area contributed by atoms with Crippen molar-refractivity contribution < 1.29 is 4.79 Å². The van der Waals surface area contributed by atoms with Crippen LogP contribution >= 0.6 is 11.7 Å². The van der Waals surface area contributed by atoms with Gasteiger partial charge in [-0.15, -0.1) is 0 Å². The number of nitrogens with one attached hydrogen (secondary N) is 1. The lowest BCUT2D eigenvalue weighted by molar-refractivity contribution is 0.102. The lowest BCUT2D eigenvalue weighted by Gasteiger charge is -2.06. The second kappa shape index (κ2) is 6.02. The third-order valence-electron chi connectivity index (χ3n) is 3.61. The van der Waals surface area contributed by atoms with Crippen molar-refractivity contribution in [3.63, 3.8) is 0 Å². The molecule has 4 aromatic rings. The average molecular weight is 351 g/mol. The lowest BCUT2D eigenvalue weighted by atomic mass is 10.2. The Morgan fingerprint density at radius 1 is 1.08 bits per heavy atom. The molecule has 3 heterocycles. The number of hydrogen-bond acceptors (Lipinski definition) is 7. The van der Waals surface area contributed by atoms with E-state index in [0.29, 0.717) is 22.7 Å². The number of aryl methyl sites for hydroxylation is 2. The van der Waals surface area contributed by atoms with Crippen LogP contribution in [-0.2, 0) is 0 Å². The summed E-state index contributed by atoms with van der Waals surface area (Å²) in [7, 11) is 0.